The van der Waals surface area contributed by atoms with Gasteiger partial charge in [-0.25, -0.2) is 14.7 Å². The Labute approximate surface area is 159 Å². The molecule has 0 aliphatic carbocycles. The van der Waals surface area contributed by atoms with Gasteiger partial charge in [-0.15, -0.1) is 11.3 Å². The summed E-state index contributed by atoms with van der Waals surface area (Å²) in [4.78, 5) is 8.65. The van der Waals surface area contributed by atoms with Crippen LogP contribution in [0.5, 0.6) is 0 Å². The number of halogens is 1. The molecule has 4 heterocycles. The van der Waals surface area contributed by atoms with Gasteiger partial charge in [-0.05, 0) is 12.8 Å². The van der Waals surface area contributed by atoms with Gasteiger partial charge in [0, 0.05) is 43.5 Å². The molecule has 2 aromatic rings. The van der Waals surface area contributed by atoms with Crippen molar-refractivity contribution in [3.63, 3.8) is 0 Å². The van der Waals surface area contributed by atoms with Gasteiger partial charge in [0.1, 0.15) is 0 Å². The predicted octanol–water partition coefficient (Wildman–Crippen LogP) is 1.41. The molecule has 9 nitrogen and oxygen atoms in total. The van der Waals surface area contributed by atoms with Crippen molar-refractivity contribution in [2.45, 2.75) is 17.9 Å². The van der Waals surface area contributed by atoms with Gasteiger partial charge in [-0.1, -0.05) is 11.6 Å². The highest BCUT2D eigenvalue weighted by Gasteiger charge is 2.39. The number of ether oxygens (including phenoxy) is 1. The van der Waals surface area contributed by atoms with E-state index in [4.69, 9.17) is 16.3 Å². The van der Waals surface area contributed by atoms with E-state index in [1.165, 1.54) is 22.8 Å². The van der Waals surface area contributed by atoms with Gasteiger partial charge >= 0.3 is 0 Å². The minimum Gasteiger partial charge on any atom is -0.381 e. The van der Waals surface area contributed by atoms with Gasteiger partial charge in [0.05, 0.1) is 6.54 Å². The molecule has 12 heteroatoms. The largest absolute Gasteiger partial charge is 0.381 e. The fraction of sp³-hybridized carbons (Fsp3) is 0.500. The Morgan fingerprint density at radius 3 is 2.96 bits per heavy atom. The third kappa shape index (κ3) is 2.98. The number of hydrogen-bond donors (Lipinski definition) is 1. The lowest BCUT2D eigenvalue weighted by atomic mass is 9.82. The summed E-state index contributed by atoms with van der Waals surface area (Å²) in [5.41, 5.74) is -0.103. The van der Waals surface area contributed by atoms with Crippen molar-refractivity contribution < 1.29 is 13.2 Å². The maximum absolute atomic E-state index is 12.9. The van der Waals surface area contributed by atoms with Crippen molar-refractivity contribution in [3.05, 3.63) is 16.7 Å². The first-order chi connectivity index (χ1) is 12.4. The second-order valence-electron chi connectivity index (χ2n) is 6.19. The lowest BCUT2D eigenvalue weighted by Gasteiger charge is -2.31. The smallest absolute Gasteiger partial charge is 0.283 e. The number of guanidine groups is 1. The van der Waals surface area contributed by atoms with E-state index in [0.717, 1.165) is 12.8 Å². The van der Waals surface area contributed by atoms with Crippen molar-refractivity contribution in [2.75, 3.05) is 26.8 Å². The van der Waals surface area contributed by atoms with Crippen molar-refractivity contribution in [3.8, 4) is 0 Å². The second-order valence-corrected chi connectivity index (χ2v) is 9.02. The first kappa shape index (κ1) is 17.7. The van der Waals surface area contributed by atoms with Gasteiger partial charge in [0.2, 0.25) is 5.96 Å². The van der Waals surface area contributed by atoms with E-state index in [1.807, 2.05) is 6.21 Å². The Morgan fingerprint density at radius 2 is 2.23 bits per heavy atom. The maximum atomic E-state index is 12.9. The molecule has 0 unspecified atom stereocenters. The molecule has 0 aromatic carbocycles. The third-order valence-corrected chi connectivity index (χ3v) is 7.02. The van der Waals surface area contributed by atoms with Crippen molar-refractivity contribution in [2.24, 2.45) is 15.5 Å². The van der Waals surface area contributed by atoms with Gasteiger partial charge in [-0.2, -0.15) is 13.5 Å². The fourth-order valence-electron chi connectivity index (χ4n) is 3.13. The number of hydrogen-bond acceptors (Lipinski definition) is 7. The molecule has 4 rings (SSSR count). The molecular weight excluding hydrogens is 400 g/mol. The van der Waals surface area contributed by atoms with Crippen molar-refractivity contribution in [1.82, 2.24) is 19.1 Å². The number of sulfonamides is 1. The average molecular weight is 417 g/mol. The number of nitrogens with one attached hydrogen (secondary N) is 1. The van der Waals surface area contributed by atoms with Gasteiger partial charge < -0.3 is 4.74 Å². The predicted molar refractivity (Wildman–Crippen MR) is 99.4 cm³/mol. The topological polar surface area (TPSA) is 101 Å². The van der Waals surface area contributed by atoms with E-state index < -0.39 is 10.0 Å². The lowest BCUT2D eigenvalue weighted by molar-refractivity contribution is 0.0453. The van der Waals surface area contributed by atoms with Gasteiger partial charge in [0.25, 0.3) is 10.0 Å². The molecule has 1 fully saturated rings. The van der Waals surface area contributed by atoms with E-state index in [2.05, 4.69) is 19.8 Å². The quantitative estimate of drug-likeness (QED) is 0.589. The summed E-state index contributed by atoms with van der Waals surface area (Å²) >= 11 is 7.36. The van der Waals surface area contributed by atoms with Crippen LogP contribution < -0.4 is 4.72 Å². The number of nitrogens with zero attached hydrogens (tertiary/aromatic N) is 5. The Hall–Kier alpha value is -1.69. The fourth-order valence-corrected chi connectivity index (χ4v) is 5.63. The monoisotopic (exact) mass is 416 g/mol. The summed E-state index contributed by atoms with van der Waals surface area (Å²) in [6, 6.07) is 0. The number of imidazole rings is 1. The van der Waals surface area contributed by atoms with Crippen LogP contribution in [-0.4, -0.2) is 61.8 Å². The third-order valence-electron chi connectivity index (χ3n) is 4.54. The second kappa shape index (κ2) is 6.48. The molecule has 1 N–H and O–H groups in total. The first-order valence-corrected chi connectivity index (χ1v) is 10.7. The number of aliphatic imine (C=N–C) groups is 1. The van der Waals surface area contributed by atoms with Crippen LogP contribution in [0.4, 0.5) is 0 Å². The van der Waals surface area contributed by atoms with Crippen LogP contribution in [0.2, 0.25) is 5.15 Å². The Kier molecular flexibility index (Phi) is 4.41. The molecular formula is C14H17ClN6O3S2. The van der Waals surface area contributed by atoms with Crippen LogP contribution in [0.1, 0.15) is 12.8 Å². The van der Waals surface area contributed by atoms with Crippen LogP contribution in [0.15, 0.2) is 26.7 Å². The average Bonchev–Trinajstić information content (AvgIpc) is 3.28. The molecule has 0 bridgehead atoms. The van der Waals surface area contributed by atoms with Crippen LogP contribution >= 0.6 is 22.9 Å². The Balaban J connectivity index is 1.58. The minimum atomic E-state index is -3.98. The highest BCUT2D eigenvalue weighted by atomic mass is 35.5. The maximum Gasteiger partial charge on any atom is 0.283 e. The van der Waals surface area contributed by atoms with Crippen LogP contribution in [-0.2, 0) is 14.8 Å². The minimum absolute atomic E-state index is 0.0781. The number of aromatic nitrogens is 2. The van der Waals surface area contributed by atoms with Crippen LogP contribution in [0, 0.1) is 5.41 Å². The highest BCUT2D eigenvalue weighted by molar-refractivity contribution is 7.90. The zero-order valence-corrected chi connectivity index (χ0v) is 16.3. The number of rotatable bonds is 2. The molecule has 0 radical (unpaired) electrons. The summed E-state index contributed by atoms with van der Waals surface area (Å²) in [6.07, 6.45) is 5.18. The summed E-state index contributed by atoms with van der Waals surface area (Å²) in [5.74, 6) is 0.144. The van der Waals surface area contributed by atoms with Crippen LogP contribution in [0.3, 0.4) is 0 Å². The number of fused-ring (bicyclic) bond motifs is 1. The molecule has 0 atom stereocenters. The van der Waals surface area contributed by atoms with Gasteiger partial charge in [0.15, 0.2) is 15.1 Å². The molecule has 26 heavy (non-hydrogen) atoms. The molecule has 1 spiro atoms. The summed E-state index contributed by atoms with van der Waals surface area (Å²) in [5, 5.41) is 7.49. The van der Waals surface area contributed by atoms with Crippen molar-refractivity contribution in [1.29, 1.82) is 0 Å². The molecule has 1 saturated heterocycles. The molecule has 2 aromatic heterocycles. The van der Waals surface area contributed by atoms with E-state index in [-0.39, 0.29) is 21.6 Å². The standard InChI is InChI=1S/C14H17ClN6O3S2/c1-16-12(21-9-14(8-17-21)2-5-24-6-3-14)19-26(22,23)11-10(15)18-13-20(11)4-7-25-13/h4,7-8H,2-3,5-6,9H2,1H3,(H,16,19). The summed E-state index contributed by atoms with van der Waals surface area (Å²) in [6.45, 7) is 1.90. The van der Waals surface area contributed by atoms with Gasteiger partial charge in [-0.3, -0.25) is 9.39 Å². The normalized spacial score (nSPS) is 20.4. The lowest BCUT2D eigenvalue weighted by Crippen LogP contribution is -2.44. The zero-order valence-electron chi connectivity index (χ0n) is 13.9. The molecule has 0 amide bonds. The first-order valence-electron chi connectivity index (χ1n) is 7.95. The number of thiazole rings is 1. The van der Waals surface area contributed by atoms with E-state index in [9.17, 15) is 8.42 Å². The number of hydrazone groups is 1. The molecule has 0 saturated carbocycles. The Morgan fingerprint density at radius 1 is 1.46 bits per heavy atom. The molecule has 2 aliphatic heterocycles. The van der Waals surface area contributed by atoms with Crippen molar-refractivity contribution >= 4 is 50.1 Å². The van der Waals surface area contributed by atoms with Crippen LogP contribution in [0.25, 0.3) is 4.96 Å². The Bertz CT molecular complexity index is 990. The van der Waals surface area contributed by atoms with E-state index in [1.54, 1.807) is 16.6 Å². The highest BCUT2D eigenvalue weighted by Crippen LogP contribution is 2.33. The molecule has 140 valence electrons. The SMILES string of the molecule is CN=C(NS(=O)(=O)c1c(Cl)nc2sccn12)N1CC2(C=N1)CCOCC2. The zero-order chi connectivity index (χ0) is 18.4. The molecule has 2 aliphatic rings. The van der Waals surface area contributed by atoms with E-state index in [0.29, 0.717) is 24.7 Å². The summed E-state index contributed by atoms with van der Waals surface area (Å²) in [7, 11) is -2.47. The van der Waals surface area contributed by atoms with E-state index >= 15 is 0 Å². The summed E-state index contributed by atoms with van der Waals surface area (Å²) < 4.78 is 35.1.